The summed E-state index contributed by atoms with van der Waals surface area (Å²) in [6.45, 7) is -0.469. The van der Waals surface area contributed by atoms with E-state index < -0.39 is 39.8 Å². The molecule has 1 aromatic heterocycles. The highest BCUT2D eigenvalue weighted by Crippen LogP contribution is 2.21. The summed E-state index contributed by atoms with van der Waals surface area (Å²) in [5, 5.41) is 26.5. The molecule has 0 unspecified atom stereocenters. The van der Waals surface area contributed by atoms with Gasteiger partial charge in [0, 0.05) is 17.2 Å². The van der Waals surface area contributed by atoms with Gasteiger partial charge in [0.1, 0.15) is 12.4 Å². The Morgan fingerprint density at radius 2 is 2.05 bits per heavy atom. The molecule has 0 atom stereocenters. The van der Waals surface area contributed by atoms with E-state index in [1.807, 2.05) is 0 Å². The monoisotopic (exact) mass is 310 g/mol. The zero-order valence-electron chi connectivity index (χ0n) is 10.7. The van der Waals surface area contributed by atoms with Crippen molar-refractivity contribution in [1.82, 2.24) is 14.8 Å². The van der Waals surface area contributed by atoms with Crippen LogP contribution in [-0.2, 0) is 11.3 Å². The number of rotatable bonds is 5. The van der Waals surface area contributed by atoms with Crippen molar-refractivity contribution >= 4 is 23.2 Å². The van der Waals surface area contributed by atoms with Crippen molar-refractivity contribution in [1.29, 1.82) is 0 Å². The molecule has 0 radical (unpaired) electrons. The van der Waals surface area contributed by atoms with Crippen molar-refractivity contribution in [2.24, 2.45) is 0 Å². The number of benzene rings is 1. The van der Waals surface area contributed by atoms with E-state index in [-0.39, 0.29) is 5.69 Å². The van der Waals surface area contributed by atoms with Gasteiger partial charge in [0.25, 0.3) is 5.69 Å². The number of nitrogens with zero attached hydrogens (tertiary/aromatic N) is 5. The van der Waals surface area contributed by atoms with Crippen LogP contribution in [0.4, 0.5) is 21.7 Å². The molecule has 2 rings (SSSR count). The summed E-state index contributed by atoms with van der Waals surface area (Å²) in [4.78, 5) is 34.4. The fraction of sp³-hybridized carbons (Fsp3) is 0.100. The number of carbonyl (C=O) groups excluding carboxylic acids is 1. The molecule has 0 aliphatic heterocycles. The number of non-ortho nitro benzene ring substituents is 1. The molecule has 22 heavy (non-hydrogen) atoms. The molecule has 11 nitrogen and oxygen atoms in total. The van der Waals surface area contributed by atoms with Gasteiger partial charge in [-0.25, -0.2) is 4.39 Å². The quantitative estimate of drug-likeness (QED) is 0.636. The maximum atomic E-state index is 13.5. The first-order valence-corrected chi connectivity index (χ1v) is 5.64. The number of nitro groups is 2. The third-order valence-electron chi connectivity index (χ3n) is 2.43. The topological polar surface area (TPSA) is 146 Å². The summed E-state index contributed by atoms with van der Waals surface area (Å²) >= 11 is 0. The molecule has 2 aromatic rings. The molecular formula is C10H7FN6O5. The predicted molar refractivity (Wildman–Crippen MR) is 68.4 cm³/mol. The molecule has 1 amide bonds. The minimum Gasteiger partial charge on any atom is -0.390 e. The minimum atomic E-state index is -0.858. The highest BCUT2D eigenvalue weighted by Gasteiger charge is 2.17. The van der Waals surface area contributed by atoms with Crippen molar-refractivity contribution in [3.8, 4) is 0 Å². The standard InChI is InChI=1S/C10H7FN6O5/c11-7-2-1-6(16(19)20)3-8(7)13-9(18)4-15-5-12-10(14-15)17(21)22/h1-3,5H,4H2,(H,13,18). The zero-order valence-corrected chi connectivity index (χ0v) is 10.7. The van der Waals surface area contributed by atoms with E-state index in [2.05, 4.69) is 15.4 Å². The van der Waals surface area contributed by atoms with E-state index in [1.54, 1.807) is 0 Å². The third kappa shape index (κ3) is 3.36. The molecule has 0 saturated heterocycles. The average Bonchev–Trinajstić information content (AvgIpc) is 2.89. The molecule has 0 fully saturated rings. The molecule has 1 aromatic carbocycles. The van der Waals surface area contributed by atoms with Gasteiger partial charge in [0.15, 0.2) is 0 Å². The van der Waals surface area contributed by atoms with E-state index >= 15 is 0 Å². The molecule has 0 saturated carbocycles. The molecule has 114 valence electrons. The SMILES string of the molecule is O=C(Cn1cnc([N+](=O)[O-])n1)Nc1cc([N+](=O)[O-])ccc1F. The Balaban J connectivity index is 2.09. The summed E-state index contributed by atoms with van der Waals surface area (Å²) in [5.74, 6) is -2.32. The minimum absolute atomic E-state index is 0.381. The van der Waals surface area contributed by atoms with Gasteiger partial charge < -0.3 is 15.4 Å². The van der Waals surface area contributed by atoms with Gasteiger partial charge in [-0.3, -0.25) is 14.9 Å². The smallest absolute Gasteiger partial charge is 0.390 e. The number of amides is 1. The van der Waals surface area contributed by atoms with Crippen LogP contribution in [0.5, 0.6) is 0 Å². The van der Waals surface area contributed by atoms with E-state index in [0.717, 1.165) is 29.2 Å². The van der Waals surface area contributed by atoms with E-state index in [4.69, 9.17) is 0 Å². The van der Waals surface area contributed by atoms with Crippen LogP contribution in [0.3, 0.4) is 0 Å². The Hall–Kier alpha value is -3.44. The Labute approximate surface area is 120 Å². The van der Waals surface area contributed by atoms with Crippen LogP contribution in [0.1, 0.15) is 0 Å². The summed E-state index contributed by atoms with van der Waals surface area (Å²) in [6.07, 6.45) is 0.960. The Kier molecular flexibility index (Phi) is 4.01. The largest absolute Gasteiger partial charge is 0.490 e. The van der Waals surface area contributed by atoms with Crippen molar-refractivity contribution in [3.05, 3.63) is 50.6 Å². The number of nitro benzene ring substituents is 1. The summed E-state index contributed by atoms with van der Waals surface area (Å²) in [7, 11) is 0. The lowest BCUT2D eigenvalue weighted by atomic mass is 10.2. The van der Waals surface area contributed by atoms with Gasteiger partial charge in [0.05, 0.1) is 10.6 Å². The second-order valence-electron chi connectivity index (χ2n) is 3.97. The first-order valence-electron chi connectivity index (χ1n) is 5.64. The number of aromatic nitrogens is 3. The van der Waals surface area contributed by atoms with Crippen molar-refractivity contribution < 1.29 is 19.0 Å². The van der Waals surface area contributed by atoms with Gasteiger partial charge in [-0.2, -0.15) is 4.68 Å². The van der Waals surface area contributed by atoms with Crippen LogP contribution in [-0.4, -0.2) is 30.5 Å². The molecule has 0 aliphatic carbocycles. The zero-order chi connectivity index (χ0) is 16.3. The molecular weight excluding hydrogens is 303 g/mol. The average molecular weight is 310 g/mol. The van der Waals surface area contributed by atoms with Gasteiger partial charge in [-0.1, -0.05) is 4.98 Å². The highest BCUT2D eigenvalue weighted by atomic mass is 19.1. The molecule has 0 spiro atoms. The normalized spacial score (nSPS) is 10.2. The second-order valence-corrected chi connectivity index (χ2v) is 3.97. The predicted octanol–water partition coefficient (Wildman–Crippen LogP) is 0.872. The van der Waals surface area contributed by atoms with Gasteiger partial charge in [0.2, 0.25) is 12.2 Å². The third-order valence-corrected chi connectivity index (χ3v) is 2.43. The molecule has 0 bridgehead atoms. The fourth-order valence-electron chi connectivity index (χ4n) is 1.50. The maximum Gasteiger partial charge on any atom is 0.490 e. The van der Waals surface area contributed by atoms with Crippen LogP contribution in [0, 0.1) is 26.0 Å². The van der Waals surface area contributed by atoms with E-state index in [1.165, 1.54) is 0 Å². The van der Waals surface area contributed by atoms with Crippen molar-refractivity contribution in [2.75, 3.05) is 5.32 Å². The Morgan fingerprint density at radius 3 is 2.64 bits per heavy atom. The van der Waals surface area contributed by atoms with E-state index in [0.29, 0.717) is 0 Å². The van der Waals surface area contributed by atoms with Crippen LogP contribution in [0.25, 0.3) is 0 Å². The number of hydrogen-bond acceptors (Lipinski definition) is 7. The lowest BCUT2D eigenvalue weighted by Gasteiger charge is -2.05. The second kappa shape index (κ2) is 5.90. The van der Waals surface area contributed by atoms with Crippen LogP contribution < -0.4 is 5.32 Å². The first-order chi connectivity index (χ1) is 10.4. The highest BCUT2D eigenvalue weighted by molar-refractivity contribution is 5.90. The number of halogens is 1. The van der Waals surface area contributed by atoms with Gasteiger partial charge in [-0.05, 0) is 11.0 Å². The molecule has 0 aliphatic rings. The lowest BCUT2D eigenvalue weighted by molar-refractivity contribution is -0.394. The van der Waals surface area contributed by atoms with Crippen LogP contribution in [0.15, 0.2) is 24.5 Å². The number of anilines is 1. The van der Waals surface area contributed by atoms with Crippen molar-refractivity contribution in [2.45, 2.75) is 6.54 Å². The molecule has 1 heterocycles. The van der Waals surface area contributed by atoms with E-state index in [9.17, 15) is 29.4 Å². The first kappa shape index (κ1) is 15.0. The van der Waals surface area contributed by atoms with Crippen molar-refractivity contribution in [3.63, 3.8) is 0 Å². The van der Waals surface area contributed by atoms with Gasteiger partial charge >= 0.3 is 5.95 Å². The fourth-order valence-corrected chi connectivity index (χ4v) is 1.50. The summed E-state index contributed by atoms with van der Waals surface area (Å²) < 4.78 is 14.4. The number of carbonyl (C=O) groups is 1. The Bertz CT molecular complexity index is 760. The number of nitrogens with one attached hydrogen (secondary N) is 1. The van der Waals surface area contributed by atoms with Crippen LogP contribution in [0.2, 0.25) is 0 Å². The summed E-state index contributed by atoms with van der Waals surface area (Å²) in [6, 6.07) is 2.65. The molecule has 1 N–H and O–H groups in total. The van der Waals surface area contributed by atoms with Crippen LogP contribution >= 0.6 is 0 Å². The summed E-state index contributed by atoms with van der Waals surface area (Å²) in [5.41, 5.74) is -0.776. The maximum absolute atomic E-state index is 13.5. The van der Waals surface area contributed by atoms with Gasteiger partial charge in [-0.15, -0.1) is 0 Å². The lowest BCUT2D eigenvalue weighted by Crippen LogP contribution is -2.20. The number of hydrogen-bond donors (Lipinski definition) is 1. The Morgan fingerprint density at radius 1 is 1.32 bits per heavy atom. The molecule has 12 heteroatoms.